The highest BCUT2D eigenvalue weighted by Gasteiger charge is 2.32. The largest absolute Gasteiger partial charge is 0.321 e. The van der Waals surface area contributed by atoms with Crippen LogP contribution in [0, 0.1) is 0 Å². The van der Waals surface area contributed by atoms with Crippen LogP contribution in [0.15, 0.2) is 182 Å². The lowest BCUT2D eigenvalue weighted by Crippen LogP contribution is -2.25. The van der Waals surface area contributed by atoms with Crippen LogP contribution in [0.25, 0.3) is 49.9 Å². The summed E-state index contributed by atoms with van der Waals surface area (Å²) in [6.07, 6.45) is 2.17. The molecule has 1 aliphatic heterocycles. The van der Waals surface area contributed by atoms with Gasteiger partial charge in [0.2, 0.25) is 0 Å². The SMILES string of the molecule is [2H]c1c([2H])c([2H])c(-c2cccc(-c3c([2H])c([2H])c([2H])c([2H])c3[2H])c2N2CN(c3cc(Cc4ccc5c6c([2H])c([2H])c([2H])c([2H])c6n(-c6cc(C(C)(C)C)ccn6)c5c4)cc(C(C)(C)C)c3)c3ccccc32)c([2H])c1[2H]. The Morgan fingerprint density at radius 3 is 1.85 bits per heavy atom. The third-order valence-electron chi connectivity index (χ3n) is 11.5. The van der Waals surface area contributed by atoms with Gasteiger partial charge in [-0.3, -0.25) is 4.57 Å². The van der Waals surface area contributed by atoms with Crippen molar-refractivity contribution in [3.63, 3.8) is 0 Å². The maximum absolute atomic E-state index is 9.14. The van der Waals surface area contributed by atoms with Crippen LogP contribution in [0.1, 0.15) is 83.0 Å². The lowest BCUT2D eigenvalue weighted by atomic mass is 9.85. The molecule has 4 nitrogen and oxygen atoms in total. The Hall–Kier alpha value is -6.91. The van der Waals surface area contributed by atoms with Gasteiger partial charge < -0.3 is 9.80 Å². The number of nitrogens with zero attached hydrogens (tertiary/aromatic N) is 4. The van der Waals surface area contributed by atoms with Crippen LogP contribution in [-0.4, -0.2) is 16.2 Å². The van der Waals surface area contributed by atoms with E-state index in [9.17, 15) is 0 Å². The first kappa shape index (κ1) is 25.7. The number of hydrogen-bond acceptors (Lipinski definition) is 3. The molecule has 9 aromatic rings. The van der Waals surface area contributed by atoms with Gasteiger partial charge in [-0.2, -0.15) is 0 Å². The Balaban J connectivity index is 1.16. The molecule has 61 heavy (non-hydrogen) atoms. The van der Waals surface area contributed by atoms with Crippen molar-refractivity contribution in [3.8, 4) is 28.1 Å². The highest BCUT2D eigenvalue weighted by atomic mass is 15.4. The molecule has 4 heteroatoms. The van der Waals surface area contributed by atoms with E-state index in [1.54, 1.807) is 24.4 Å². The van der Waals surface area contributed by atoms with E-state index >= 15 is 0 Å². The molecular weight excluding hydrogens is 741 g/mol. The number of fused-ring (bicyclic) bond motifs is 4. The molecule has 0 saturated carbocycles. The lowest BCUT2D eigenvalue weighted by molar-refractivity contribution is 0.588. The van der Waals surface area contributed by atoms with E-state index in [4.69, 9.17) is 24.2 Å². The first-order chi connectivity index (χ1) is 35.3. The minimum atomic E-state index is -0.566. The van der Waals surface area contributed by atoms with Crippen molar-refractivity contribution >= 4 is 44.6 Å². The average Bonchev–Trinajstić information content (AvgIpc) is 3.95. The first-order valence-corrected chi connectivity index (χ1v) is 20.4. The molecule has 2 aromatic heterocycles. The normalized spacial score (nSPS) is 16.2. The van der Waals surface area contributed by atoms with Gasteiger partial charge in [0.1, 0.15) is 12.5 Å². The molecule has 0 unspecified atom stereocenters. The third-order valence-corrected chi connectivity index (χ3v) is 11.5. The fourth-order valence-electron chi connectivity index (χ4n) is 8.35. The monoisotopic (exact) mass is 807 g/mol. The number of para-hydroxylation sites is 4. The molecule has 0 amide bonds. The van der Waals surface area contributed by atoms with E-state index in [1.807, 2.05) is 64.1 Å². The van der Waals surface area contributed by atoms with Gasteiger partial charge in [-0.05, 0) is 99.1 Å². The van der Waals surface area contributed by atoms with Gasteiger partial charge in [0, 0.05) is 33.8 Å². The lowest BCUT2D eigenvalue weighted by Gasteiger charge is -2.28. The molecule has 10 rings (SSSR count). The Labute approximate surface area is 380 Å². The van der Waals surface area contributed by atoms with Crippen LogP contribution in [-0.2, 0) is 17.3 Å². The van der Waals surface area contributed by atoms with E-state index in [2.05, 4.69) is 64.6 Å². The summed E-state index contributed by atoms with van der Waals surface area (Å²) in [6, 6.07) is 22.7. The highest BCUT2D eigenvalue weighted by Crippen LogP contribution is 2.50. The zero-order valence-corrected chi connectivity index (χ0v) is 34.9. The number of anilines is 4. The molecule has 300 valence electrons. The van der Waals surface area contributed by atoms with Gasteiger partial charge >= 0.3 is 0 Å². The van der Waals surface area contributed by atoms with Crippen molar-refractivity contribution in [3.05, 3.63) is 204 Å². The van der Waals surface area contributed by atoms with E-state index in [0.29, 0.717) is 39.7 Å². The van der Waals surface area contributed by atoms with Crippen molar-refractivity contribution in [1.29, 1.82) is 0 Å². The van der Waals surface area contributed by atoms with Gasteiger partial charge in [0.15, 0.2) is 0 Å². The average molecular weight is 807 g/mol. The number of pyridine rings is 1. The van der Waals surface area contributed by atoms with Crippen LogP contribution in [0.3, 0.4) is 0 Å². The number of benzene rings is 7. The number of aromatic nitrogens is 2. The van der Waals surface area contributed by atoms with Crippen molar-refractivity contribution < 1.29 is 19.2 Å². The van der Waals surface area contributed by atoms with Gasteiger partial charge in [0.25, 0.3) is 0 Å². The zero-order valence-electron chi connectivity index (χ0n) is 48.9. The predicted octanol–water partition coefficient (Wildman–Crippen LogP) is 14.9. The molecule has 0 fully saturated rings. The van der Waals surface area contributed by atoms with Crippen molar-refractivity contribution in [2.45, 2.75) is 58.8 Å². The second-order valence-corrected chi connectivity index (χ2v) is 17.6. The Kier molecular flexibility index (Phi) is 6.30. The summed E-state index contributed by atoms with van der Waals surface area (Å²) in [6.45, 7) is 12.8. The minimum Gasteiger partial charge on any atom is -0.321 e. The summed E-state index contributed by atoms with van der Waals surface area (Å²) in [5.74, 6) is 0.529. The van der Waals surface area contributed by atoms with Gasteiger partial charge in [0.05, 0.1) is 47.3 Å². The van der Waals surface area contributed by atoms with Gasteiger partial charge in [-0.1, -0.05) is 169 Å². The summed E-state index contributed by atoms with van der Waals surface area (Å²) < 4.78 is 125. The van der Waals surface area contributed by atoms with Crippen LogP contribution in [0.2, 0.25) is 0 Å². The second kappa shape index (κ2) is 15.0. The second-order valence-electron chi connectivity index (χ2n) is 17.6. The molecule has 0 aliphatic carbocycles. The van der Waals surface area contributed by atoms with Gasteiger partial charge in [-0.15, -0.1) is 0 Å². The minimum absolute atomic E-state index is 0.0985. The van der Waals surface area contributed by atoms with Crippen LogP contribution in [0.5, 0.6) is 0 Å². The molecule has 0 atom stereocenters. The number of hydrogen-bond donors (Lipinski definition) is 0. The summed E-state index contributed by atoms with van der Waals surface area (Å²) in [5, 5.41) is 1.07. The van der Waals surface area contributed by atoms with E-state index in [0.717, 1.165) is 33.6 Å². The van der Waals surface area contributed by atoms with Gasteiger partial charge in [-0.25, -0.2) is 4.98 Å². The Morgan fingerprint density at radius 1 is 0.541 bits per heavy atom. The van der Waals surface area contributed by atoms with Crippen LogP contribution < -0.4 is 9.80 Å². The third kappa shape index (κ3) is 7.06. The molecule has 7 aromatic carbocycles. The summed E-state index contributed by atoms with van der Waals surface area (Å²) in [5.41, 5.74) is 7.03. The molecule has 0 N–H and O–H groups in total. The highest BCUT2D eigenvalue weighted by molar-refractivity contribution is 6.09. The van der Waals surface area contributed by atoms with E-state index in [1.165, 1.54) is 0 Å². The molecular formula is C57H52N4. The zero-order chi connectivity index (χ0) is 54.1. The van der Waals surface area contributed by atoms with Crippen LogP contribution in [0.4, 0.5) is 22.7 Å². The predicted molar refractivity (Wildman–Crippen MR) is 258 cm³/mol. The summed E-state index contributed by atoms with van der Waals surface area (Å²) in [7, 11) is 0. The summed E-state index contributed by atoms with van der Waals surface area (Å²) in [4.78, 5) is 8.79. The van der Waals surface area contributed by atoms with E-state index < -0.39 is 60.4 Å². The topological polar surface area (TPSA) is 24.3 Å². The molecule has 0 saturated heterocycles. The standard InChI is InChI=1S/C57H52N4/c1-56(2,3)43-30-31-58-54(37-43)61-50-25-14-13-22-48(50)49-29-28-39(35-53(49)61)32-40-33-44(57(4,5)6)36-45(34-40)59-38-60(52-27-16-15-26-51(52)59)55-46(41-18-9-7-10-19-41)23-17-24-47(55)42-20-11-8-12-21-42/h7-31,33-37H,32,38H2,1-6H3/i7D,8D,9D,10D,11D,12D,13D,14D,18D,19D,20D,21D,22D,25D. The number of rotatable bonds is 7. The van der Waals surface area contributed by atoms with Crippen LogP contribution >= 0.6 is 0 Å². The van der Waals surface area contributed by atoms with E-state index in [-0.39, 0.29) is 69.6 Å². The fraction of sp³-hybridized carbons (Fsp3) is 0.175. The quantitative estimate of drug-likeness (QED) is 0.160. The molecule has 0 spiro atoms. The van der Waals surface area contributed by atoms with Crippen molar-refractivity contribution in [1.82, 2.24) is 9.55 Å². The Morgan fingerprint density at radius 2 is 1.18 bits per heavy atom. The Bertz CT molecular complexity index is 3740. The maximum atomic E-state index is 9.14. The molecule has 1 aliphatic rings. The maximum Gasteiger partial charge on any atom is 0.137 e. The van der Waals surface area contributed by atoms with Crippen molar-refractivity contribution in [2.75, 3.05) is 16.5 Å². The molecule has 0 radical (unpaired) electrons. The first-order valence-electron chi connectivity index (χ1n) is 27.4. The smallest absolute Gasteiger partial charge is 0.137 e. The summed E-state index contributed by atoms with van der Waals surface area (Å²) >= 11 is 0. The molecule has 0 bridgehead atoms. The molecule has 3 heterocycles. The van der Waals surface area contributed by atoms with Crippen molar-refractivity contribution in [2.24, 2.45) is 0 Å². The fourth-order valence-corrected chi connectivity index (χ4v) is 8.35.